The lowest BCUT2D eigenvalue weighted by atomic mass is 9.86. The molecule has 1 unspecified atom stereocenters. The summed E-state index contributed by atoms with van der Waals surface area (Å²) >= 11 is 0. The van der Waals surface area contributed by atoms with Gasteiger partial charge in [0.05, 0.1) is 25.3 Å². The highest BCUT2D eigenvalue weighted by atomic mass is 31.2. The van der Waals surface area contributed by atoms with Gasteiger partial charge in [0.15, 0.2) is 6.23 Å². The van der Waals surface area contributed by atoms with Gasteiger partial charge in [0, 0.05) is 24.1 Å². The third kappa shape index (κ3) is 6.38. The van der Waals surface area contributed by atoms with Crippen LogP contribution in [0.2, 0.25) is 0 Å². The number of aromatic nitrogens is 2. The van der Waals surface area contributed by atoms with Crippen LogP contribution in [0.4, 0.5) is 0 Å². The Bertz CT molecular complexity index is 1830. The zero-order valence-corrected chi connectivity index (χ0v) is 25.3. The summed E-state index contributed by atoms with van der Waals surface area (Å²) in [5.41, 5.74) is -1.78. The number of benzene rings is 3. The standard InChI is InChI=1S/C32H33N2O10P/c1-21(29(37)40-18-22-8-3-2-4-9-22)20-45(39,44-25-13-7-11-23-10-5-6-12-24(23)25)42-19-26-28(36)32(15-17-41-32)30(43-26)34-16-14-27(35)33-31(34)38/h2-14,16,21,26,28,30,36H,15,17-20H2,1H3,(H,33,35,38)/t21-,26-,28-,30-,32-,45?/m1/s1. The van der Waals surface area contributed by atoms with Crippen LogP contribution >= 0.6 is 7.60 Å². The minimum absolute atomic E-state index is 0.0506. The summed E-state index contributed by atoms with van der Waals surface area (Å²) in [6.07, 6.45) is -2.12. The van der Waals surface area contributed by atoms with Crippen molar-refractivity contribution in [3.8, 4) is 5.75 Å². The summed E-state index contributed by atoms with van der Waals surface area (Å²) in [7, 11) is -4.12. The molecule has 2 fully saturated rings. The second-order valence-electron chi connectivity index (χ2n) is 11.2. The maximum absolute atomic E-state index is 14.5. The van der Waals surface area contributed by atoms with Gasteiger partial charge in [-0.25, -0.2) is 9.36 Å². The van der Waals surface area contributed by atoms with Crippen molar-refractivity contribution in [2.45, 2.75) is 44.0 Å². The minimum atomic E-state index is -4.12. The van der Waals surface area contributed by atoms with E-state index in [1.807, 2.05) is 60.7 Å². The Kier molecular flexibility index (Phi) is 8.76. The number of fused-ring (bicyclic) bond motifs is 1. The normalized spacial score (nSPS) is 24.5. The molecule has 2 saturated heterocycles. The zero-order chi connectivity index (χ0) is 31.6. The number of hydrogen-bond acceptors (Lipinski definition) is 10. The van der Waals surface area contributed by atoms with Gasteiger partial charge >= 0.3 is 19.3 Å². The molecule has 1 aromatic heterocycles. The molecule has 236 valence electrons. The van der Waals surface area contributed by atoms with Crippen LogP contribution in [0.5, 0.6) is 5.75 Å². The number of aromatic amines is 1. The molecule has 0 saturated carbocycles. The highest BCUT2D eigenvalue weighted by Gasteiger charge is 2.62. The highest BCUT2D eigenvalue weighted by Crippen LogP contribution is 2.53. The molecule has 6 atom stereocenters. The van der Waals surface area contributed by atoms with Crippen molar-refractivity contribution >= 4 is 24.3 Å². The number of rotatable bonds is 11. The Labute approximate surface area is 258 Å². The lowest BCUT2D eigenvalue weighted by Gasteiger charge is -2.44. The van der Waals surface area contributed by atoms with Crippen molar-refractivity contribution in [3.63, 3.8) is 0 Å². The third-order valence-corrected chi connectivity index (χ3v) is 10.1. The van der Waals surface area contributed by atoms with Crippen LogP contribution in [-0.4, -0.2) is 57.8 Å². The average molecular weight is 637 g/mol. The first-order valence-electron chi connectivity index (χ1n) is 14.6. The number of aliphatic hydroxyl groups is 1. The fraction of sp³-hybridized carbons (Fsp3) is 0.344. The summed E-state index contributed by atoms with van der Waals surface area (Å²) < 4.78 is 44.9. The van der Waals surface area contributed by atoms with Gasteiger partial charge in [-0.2, -0.15) is 0 Å². The van der Waals surface area contributed by atoms with Crippen LogP contribution in [0.3, 0.4) is 0 Å². The van der Waals surface area contributed by atoms with E-state index in [0.717, 1.165) is 21.6 Å². The molecule has 2 aliphatic heterocycles. The Hall–Kier alpha value is -4.06. The SMILES string of the molecule is C[C@H](CP(=O)(OC[C@H]1O[C@@H](n2ccc(=O)[nH]c2=O)[C@@]2(CCO2)[C@@H]1O)Oc1cccc2ccccc12)C(=O)OCc1ccccc1. The van der Waals surface area contributed by atoms with Crippen LogP contribution in [-0.2, 0) is 34.7 Å². The Morgan fingerprint density at radius 3 is 2.56 bits per heavy atom. The van der Waals surface area contributed by atoms with Crippen LogP contribution in [0.1, 0.15) is 25.1 Å². The van der Waals surface area contributed by atoms with Crippen LogP contribution in [0.25, 0.3) is 10.8 Å². The molecule has 0 amide bonds. The molecule has 1 spiro atoms. The van der Waals surface area contributed by atoms with Crippen molar-refractivity contribution in [2.24, 2.45) is 5.92 Å². The topological polar surface area (TPSA) is 155 Å². The summed E-state index contributed by atoms with van der Waals surface area (Å²) in [5.74, 6) is -1.16. The quantitative estimate of drug-likeness (QED) is 0.184. The molecule has 12 nitrogen and oxygen atoms in total. The second kappa shape index (κ2) is 12.7. The lowest BCUT2D eigenvalue weighted by molar-refractivity contribution is -0.227. The highest BCUT2D eigenvalue weighted by molar-refractivity contribution is 7.54. The molecule has 2 aliphatic rings. The first kappa shape index (κ1) is 30.9. The number of nitrogens with zero attached hydrogens (tertiary/aromatic N) is 1. The first-order chi connectivity index (χ1) is 21.7. The molecule has 2 N–H and O–H groups in total. The van der Waals surface area contributed by atoms with Crippen molar-refractivity contribution in [1.29, 1.82) is 0 Å². The molecule has 45 heavy (non-hydrogen) atoms. The van der Waals surface area contributed by atoms with Crippen LogP contribution in [0.15, 0.2) is 94.6 Å². The van der Waals surface area contributed by atoms with E-state index in [9.17, 15) is 24.1 Å². The summed E-state index contributed by atoms with van der Waals surface area (Å²) in [5, 5.41) is 12.8. The molecule has 0 radical (unpaired) electrons. The van der Waals surface area contributed by atoms with Crippen molar-refractivity contribution in [3.05, 3.63) is 111 Å². The smallest absolute Gasteiger partial charge is 0.380 e. The van der Waals surface area contributed by atoms with Gasteiger partial charge in [-0.15, -0.1) is 0 Å². The maximum Gasteiger partial charge on any atom is 0.380 e. The van der Waals surface area contributed by atoms with Crippen molar-refractivity contribution < 1.29 is 37.7 Å². The summed E-state index contributed by atoms with van der Waals surface area (Å²) in [6, 6.07) is 23.1. The van der Waals surface area contributed by atoms with Gasteiger partial charge in [0.25, 0.3) is 5.56 Å². The third-order valence-electron chi connectivity index (χ3n) is 8.09. The number of ether oxygens (including phenoxy) is 3. The van der Waals surface area contributed by atoms with Crippen LogP contribution < -0.4 is 15.8 Å². The molecule has 13 heteroatoms. The molecule has 3 aromatic carbocycles. The predicted molar refractivity (Wildman–Crippen MR) is 163 cm³/mol. The average Bonchev–Trinajstić information content (AvgIpc) is 3.31. The van der Waals surface area contributed by atoms with Crippen molar-refractivity contribution in [1.82, 2.24) is 9.55 Å². The Morgan fingerprint density at radius 2 is 1.82 bits per heavy atom. The molecule has 4 aromatic rings. The van der Waals surface area contributed by atoms with E-state index in [0.29, 0.717) is 24.2 Å². The second-order valence-corrected chi connectivity index (χ2v) is 13.2. The van der Waals surface area contributed by atoms with Gasteiger partial charge in [-0.05, 0) is 17.0 Å². The largest absolute Gasteiger partial charge is 0.461 e. The number of nitrogens with one attached hydrogen (secondary N) is 1. The number of carbonyl (C=O) groups is 1. The maximum atomic E-state index is 14.5. The lowest BCUT2D eigenvalue weighted by Crippen LogP contribution is -2.57. The number of hydrogen-bond donors (Lipinski definition) is 2. The van der Waals surface area contributed by atoms with E-state index >= 15 is 0 Å². The number of aliphatic hydroxyl groups excluding tert-OH is 1. The molecule has 6 rings (SSSR count). The van der Waals surface area contributed by atoms with E-state index in [1.165, 1.54) is 6.20 Å². The predicted octanol–water partition coefficient (Wildman–Crippen LogP) is 3.78. The fourth-order valence-electron chi connectivity index (χ4n) is 5.63. The first-order valence-corrected chi connectivity index (χ1v) is 16.3. The van der Waals surface area contributed by atoms with Gasteiger partial charge in [-0.3, -0.25) is 23.7 Å². The summed E-state index contributed by atoms with van der Waals surface area (Å²) in [4.78, 5) is 39.4. The van der Waals surface area contributed by atoms with Crippen molar-refractivity contribution in [2.75, 3.05) is 19.4 Å². The number of esters is 1. The minimum Gasteiger partial charge on any atom is -0.461 e. The van der Waals surface area contributed by atoms with Gasteiger partial charge in [-0.1, -0.05) is 73.7 Å². The number of H-pyrrole nitrogens is 1. The van der Waals surface area contributed by atoms with E-state index in [-0.39, 0.29) is 12.8 Å². The van der Waals surface area contributed by atoms with Gasteiger partial charge in [0.1, 0.15) is 30.2 Å². The molecular formula is C32H33N2O10P. The zero-order valence-electron chi connectivity index (χ0n) is 24.4. The van der Waals surface area contributed by atoms with Crippen LogP contribution in [0, 0.1) is 5.92 Å². The number of carbonyl (C=O) groups excluding carboxylic acids is 1. The Balaban J connectivity index is 1.23. The van der Waals surface area contributed by atoms with Gasteiger partial charge in [0.2, 0.25) is 0 Å². The Morgan fingerprint density at radius 1 is 1.09 bits per heavy atom. The van der Waals surface area contributed by atoms with E-state index < -0.39 is 61.4 Å². The summed E-state index contributed by atoms with van der Waals surface area (Å²) in [6.45, 7) is 1.55. The monoisotopic (exact) mass is 636 g/mol. The molecule has 0 aliphatic carbocycles. The van der Waals surface area contributed by atoms with E-state index in [1.54, 1.807) is 19.1 Å². The molecule has 0 bridgehead atoms. The van der Waals surface area contributed by atoms with E-state index in [2.05, 4.69) is 4.98 Å². The molecule has 3 heterocycles. The fourth-order valence-corrected chi connectivity index (χ4v) is 7.52. The molecular weight excluding hydrogens is 603 g/mol. The van der Waals surface area contributed by atoms with Gasteiger partial charge < -0.3 is 23.8 Å². The van der Waals surface area contributed by atoms with E-state index in [4.69, 9.17) is 23.3 Å².